The molecule has 1 heterocycles. The topological polar surface area (TPSA) is 78.9 Å². The minimum absolute atomic E-state index is 0.000514. The maximum Gasteiger partial charge on any atom is 0.240 e. The van der Waals surface area contributed by atoms with E-state index in [1.54, 1.807) is 4.90 Å². The van der Waals surface area contributed by atoms with E-state index in [-0.39, 0.29) is 11.7 Å². The molecule has 0 fully saturated rings. The Morgan fingerprint density at radius 1 is 1.38 bits per heavy atom. The third kappa shape index (κ3) is 2.48. The van der Waals surface area contributed by atoms with Crippen LogP contribution in [0.1, 0.15) is 38.7 Å². The normalized spacial score (nSPS) is 15.7. The van der Waals surface area contributed by atoms with Crippen LogP contribution in [0.4, 0.5) is 5.69 Å². The fraction of sp³-hybridized carbons (Fsp3) is 0.500. The number of oxime groups is 1. The highest BCUT2D eigenvalue weighted by Gasteiger charge is 2.43. The van der Waals surface area contributed by atoms with Crippen molar-refractivity contribution >= 4 is 17.4 Å². The van der Waals surface area contributed by atoms with Crippen molar-refractivity contribution in [2.75, 3.05) is 11.4 Å². The van der Waals surface area contributed by atoms with E-state index in [1.165, 1.54) is 5.56 Å². The lowest BCUT2D eigenvalue weighted by Gasteiger charge is -2.37. The van der Waals surface area contributed by atoms with Gasteiger partial charge >= 0.3 is 0 Å². The Hall–Kier alpha value is -2.04. The molecule has 0 atom stereocenters. The van der Waals surface area contributed by atoms with Gasteiger partial charge in [0.15, 0.2) is 5.84 Å². The van der Waals surface area contributed by atoms with E-state index in [2.05, 4.69) is 11.2 Å². The Morgan fingerprint density at radius 3 is 2.67 bits per heavy atom. The van der Waals surface area contributed by atoms with Crippen LogP contribution in [0.2, 0.25) is 0 Å². The molecule has 1 aromatic carbocycles. The van der Waals surface area contributed by atoms with Gasteiger partial charge < -0.3 is 15.8 Å². The van der Waals surface area contributed by atoms with E-state index in [4.69, 9.17) is 10.9 Å². The number of fused-ring (bicyclic) bond motifs is 1. The lowest BCUT2D eigenvalue weighted by molar-refractivity contribution is -0.125. The molecule has 0 saturated carbocycles. The second-order valence-corrected chi connectivity index (χ2v) is 5.46. The summed E-state index contributed by atoms with van der Waals surface area (Å²) in [6.45, 7) is 4.47. The van der Waals surface area contributed by atoms with Crippen LogP contribution in [0.25, 0.3) is 0 Å². The highest BCUT2D eigenvalue weighted by molar-refractivity contribution is 6.13. The Kier molecular flexibility index (Phi) is 4.50. The zero-order chi connectivity index (χ0) is 15.5. The molecule has 5 heteroatoms. The average molecular weight is 289 g/mol. The predicted molar refractivity (Wildman–Crippen MR) is 83.5 cm³/mol. The van der Waals surface area contributed by atoms with Crippen molar-refractivity contribution in [3.8, 4) is 0 Å². The molecule has 1 amide bonds. The molecule has 0 radical (unpaired) electrons. The first-order valence-corrected chi connectivity index (χ1v) is 7.48. The van der Waals surface area contributed by atoms with Crippen LogP contribution >= 0.6 is 0 Å². The van der Waals surface area contributed by atoms with Crippen LogP contribution < -0.4 is 10.6 Å². The van der Waals surface area contributed by atoms with Crippen LogP contribution in [0, 0.1) is 5.41 Å². The number of nitrogens with zero attached hydrogens (tertiary/aromatic N) is 2. The Labute approximate surface area is 125 Å². The smallest absolute Gasteiger partial charge is 0.240 e. The third-order valence-corrected chi connectivity index (χ3v) is 4.57. The predicted octanol–water partition coefficient (Wildman–Crippen LogP) is 2.52. The van der Waals surface area contributed by atoms with E-state index in [0.29, 0.717) is 19.4 Å². The molecule has 0 aromatic heterocycles. The lowest BCUT2D eigenvalue weighted by atomic mass is 9.79. The van der Waals surface area contributed by atoms with Crippen LogP contribution in [0.3, 0.4) is 0 Å². The number of amidine groups is 1. The van der Waals surface area contributed by atoms with E-state index in [1.807, 2.05) is 32.0 Å². The number of carbonyl (C=O) groups is 1. The van der Waals surface area contributed by atoms with E-state index in [0.717, 1.165) is 18.5 Å². The SMILES string of the molecule is CCC(CC)(C(=O)N1CCCc2ccccc21)C(N)=NO. The standard InChI is InChI=1S/C16H23N3O2/c1-3-16(4-2,14(17)18-21)15(20)19-11-7-9-12-8-5-6-10-13(12)19/h5-6,8,10,21H,3-4,7,9,11H2,1-2H3,(H2,17,18). The quantitative estimate of drug-likeness (QED) is 0.387. The molecule has 0 aliphatic carbocycles. The second-order valence-electron chi connectivity index (χ2n) is 5.46. The number of amides is 1. The average Bonchev–Trinajstić information content (AvgIpc) is 2.55. The molecule has 114 valence electrons. The summed E-state index contributed by atoms with van der Waals surface area (Å²) in [7, 11) is 0. The van der Waals surface area contributed by atoms with Gasteiger partial charge in [0.2, 0.25) is 5.91 Å². The van der Waals surface area contributed by atoms with E-state index < -0.39 is 5.41 Å². The summed E-state index contributed by atoms with van der Waals surface area (Å²) in [4.78, 5) is 14.9. The summed E-state index contributed by atoms with van der Waals surface area (Å²) in [5, 5.41) is 12.2. The molecule has 2 rings (SSSR count). The monoisotopic (exact) mass is 289 g/mol. The summed E-state index contributed by atoms with van der Waals surface area (Å²) in [5.41, 5.74) is 7.05. The van der Waals surface area contributed by atoms with E-state index >= 15 is 0 Å². The van der Waals surface area contributed by atoms with E-state index in [9.17, 15) is 4.79 Å². The first-order valence-electron chi connectivity index (χ1n) is 7.48. The van der Waals surface area contributed by atoms with Crippen LogP contribution in [-0.4, -0.2) is 23.5 Å². The summed E-state index contributed by atoms with van der Waals surface area (Å²) in [6.07, 6.45) is 2.94. The molecule has 3 N–H and O–H groups in total. The van der Waals surface area contributed by atoms with Gasteiger partial charge in [-0.15, -0.1) is 0 Å². The Balaban J connectivity index is 2.44. The summed E-state index contributed by atoms with van der Waals surface area (Å²) in [6, 6.07) is 7.95. The van der Waals surface area contributed by atoms with Crippen molar-refractivity contribution in [3.05, 3.63) is 29.8 Å². The lowest BCUT2D eigenvalue weighted by Crippen LogP contribution is -2.52. The molecule has 0 bridgehead atoms. The van der Waals surface area contributed by atoms with Gasteiger partial charge in [-0.3, -0.25) is 4.79 Å². The number of benzene rings is 1. The second kappa shape index (κ2) is 6.16. The maximum absolute atomic E-state index is 13.1. The van der Waals surface area contributed by atoms with Gasteiger partial charge in [-0.05, 0) is 37.3 Å². The Morgan fingerprint density at radius 2 is 2.05 bits per heavy atom. The molecule has 21 heavy (non-hydrogen) atoms. The molecule has 1 aromatic rings. The number of anilines is 1. The number of nitrogens with two attached hydrogens (primary N) is 1. The molecular formula is C16H23N3O2. The largest absolute Gasteiger partial charge is 0.409 e. The van der Waals surface area contributed by atoms with Gasteiger partial charge in [-0.1, -0.05) is 37.2 Å². The third-order valence-electron chi connectivity index (χ3n) is 4.57. The maximum atomic E-state index is 13.1. The minimum Gasteiger partial charge on any atom is -0.409 e. The molecule has 1 aliphatic heterocycles. The van der Waals surface area contributed by atoms with Crippen molar-refractivity contribution in [1.29, 1.82) is 0 Å². The van der Waals surface area contributed by atoms with Gasteiger partial charge in [0, 0.05) is 12.2 Å². The summed E-state index contributed by atoms with van der Waals surface area (Å²) < 4.78 is 0. The number of hydrogen-bond acceptors (Lipinski definition) is 3. The molecule has 0 spiro atoms. The van der Waals surface area contributed by atoms with Gasteiger partial charge in [0.1, 0.15) is 5.41 Å². The minimum atomic E-state index is -0.931. The number of carbonyl (C=O) groups excluding carboxylic acids is 1. The first-order chi connectivity index (χ1) is 10.1. The van der Waals surface area contributed by atoms with Gasteiger partial charge in [-0.2, -0.15) is 0 Å². The van der Waals surface area contributed by atoms with Gasteiger partial charge in [-0.25, -0.2) is 0 Å². The number of para-hydroxylation sites is 1. The molecule has 0 saturated heterocycles. The highest BCUT2D eigenvalue weighted by atomic mass is 16.4. The fourth-order valence-corrected chi connectivity index (χ4v) is 3.12. The van der Waals surface area contributed by atoms with Crippen molar-refractivity contribution in [1.82, 2.24) is 0 Å². The van der Waals surface area contributed by atoms with Crippen molar-refractivity contribution in [2.24, 2.45) is 16.3 Å². The highest BCUT2D eigenvalue weighted by Crippen LogP contribution is 2.35. The first kappa shape index (κ1) is 15.4. The van der Waals surface area contributed by atoms with Crippen LogP contribution in [-0.2, 0) is 11.2 Å². The van der Waals surface area contributed by atoms with Gasteiger partial charge in [0.05, 0.1) is 0 Å². The summed E-state index contributed by atoms with van der Waals surface area (Å²) in [5.74, 6) is -0.0736. The van der Waals surface area contributed by atoms with Crippen LogP contribution in [0.15, 0.2) is 29.4 Å². The summed E-state index contributed by atoms with van der Waals surface area (Å²) >= 11 is 0. The molecule has 0 unspecified atom stereocenters. The number of rotatable bonds is 4. The molecule has 1 aliphatic rings. The Bertz CT molecular complexity index is 550. The zero-order valence-electron chi connectivity index (χ0n) is 12.7. The van der Waals surface area contributed by atoms with Crippen molar-refractivity contribution in [3.63, 3.8) is 0 Å². The number of hydrogen-bond donors (Lipinski definition) is 2. The zero-order valence-corrected chi connectivity index (χ0v) is 12.7. The van der Waals surface area contributed by atoms with Crippen LogP contribution in [0.5, 0.6) is 0 Å². The van der Waals surface area contributed by atoms with Crippen molar-refractivity contribution < 1.29 is 10.0 Å². The number of aryl methyl sites for hydroxylation is 1. The van der Waals surface area contributed by atoms with Gasteiger partial charge in [0.25, 0.3) is 0 Å². The molecule has 5 nitrogen and oxygen atoms in total. The molecular weight excluding hydrogens is 266 g/mol. The van der Waals surface area contributed by atoms with Crippen molar-refractivity contribution in [2.45, 2.75) is 39.5 Å². The fourth-order valence-electron chi connectivity index (χ4n) is 3.12.